The fourth-order valence-electron chi connectivity index (χ4n) is 2.55. The summed E-state index contributed by atoms with van der Waals surface area (Å²) < 4.78 is 6.43. The van der Waals surface area contributed by atoms with E-state index in [9.17, 15) is 4.79 Å². The Bertz CT molecular complexity index is 754. The van der Waals surface area contributed by atoms with Crippen molar-refractivity contribution < 1.29 is 9.22 Å². The summed E-state index contributed by atoms with van der Waals surface area (Å²) in [5, 5.41) is 0.101. The minimum absolute atomic E-state index is 0.0832. The Labute approximate surface area is 133 Å². The van der Waals surface area contributed by atoms with Gasteiger partial charge in [-0.3, -0.25) is 4.79 Å². The van der Waals surface area contributed by atoms with Crippen molar-refractivity contribution in [2.75, 3.05) is 0 Å². The standard InChI is InChI=1S/C19H22O2Si/c1-19(2,3)22(4,5)21-16-12-8-11-14-13-9-6-7-10-15(13)18(20)17(14)16/h6-12H,1-5H3. The van der Waals surface area contributed by atoms with Gasteiger partial charge in [0, 0.05) is 5.56 Å². The van der Waals surface area contributed by atoms with Gasteiger partial charge in [-0.2, -0.15) is 0 Å². The molecule has 22 heavy (non-hydrogen) atoms. The number of carbonyl (C=O) groups is 1. The molecule has 3 heteroatoms. The molecule has 1 aliphatic rings. The highest BCUT2D eigenvalue weighted by Crippen LogP contribution is 2.44. The van der Waals surface area contributed by atoms with Crippen molar-refractivity contribution in [1.29, 1.82) is 0 Å². The highest BCUT2D eigenvalue weighted by atomic mass is 28.4. The van der Waals surface area contributed by atoms with E-state index in [0.29, 0.717) is 0 Å². The molecule has 1 aliphatic carbocycles. The van der Waals surface area contributed by atoms with Crippen molar-refractivity contribution in [3.8, 4) is 16.9 Å². The van der Waals surface area contributed by atoms with Crippen molar-refractivity contribution >= 4 is 14.1 Å². The van der Waals surface area contributed by atoms with Crippen LogP contribution >= 0.6 is 0 Å². The number of hydrogen-bond acceptors (Lipinski definition) is 2. The summed E-state index contributed by atoms with van der Waals surface area (Å²) in [7, 11) is -1.97. The van der Waals surface area contributed by atoms with Crippen molar-refractivity contribution in [3.63, 3.8) is 0 Å². The molecular formula is C19H22O2Si. The molecule has 0 saturated heterocycles. The molecule has 0 aromatic heterocycles. The minimum atomic E-state index is -1.97. The van der Waals surface area contributed by atoms with E-state index in [0.717, 1.165) is 28.0 Å². The van der Waals surface area contributed by atoms with E-state index in [4.69, 9.17) is 4.43 Å². The monoisotopic (exact) mass is 310 g/mol. The maximum absolute atomic E-state index is 12.8. The lowest BCUT2D eigenvalue weighted by molar-refractivity contribution is 0.104. The van der Waals surface area contributed by atoms with E-state index in [1.807, 2.05) is 42.5 Å². The maximum atomic E-state index is 12.8. The normalized spacial score (nSPS) is 13.8. The van der Waals surface area contributed by atoms with Crippen LogP contribution in [0.2, 0.25) is 18.1 Å². The Morgan fingerprint density at radius 3 is 2.09 bits per heavy atom. The molecule has 0 radical (unpaired) electrons. The van der Waals surface area contributed by atoms with Crippen molar-refractivity contribution in [1.82, 2.24) is 0 Å². The first-order valence-electron chi connectivity index (χ1n) is 7.68. The lowest BCUT2D eigenvalue weighted by Crippen LogP contribution is -2.44. The first-order chi connectivity index (χ1) is 10.2. The van der Waals surface area contributed by atoms with Gasteiger partial charge in [0.1, 0.15) is 5.75 Å². The van der Waals surface area contributed by atoms with Crippen LogP contribution in [0.5, 0.6) is 5.75 Å². The van der Waals surface area contributed by atoms with Crippen LogP contribution in [0.15, 0.2) is 42.5 Å². The van der Waals surface area contributed by atoms with Crippen molar-refractivity contribution in [3.05, 3.63) is 53.6 Å². The first-order valence-corrected chi connectivity index (χ1v) is 10.6. The van der Waals surface area contributed by atoms with Crippen molar-refractivity contribution in [2.45, 2.75) is 38.9 Å². The highest BCUT2D eigenvalue weighted by Gasteiger charge is 2.40. The molecular weight excluding hydrogens is 288 g/mol. The van der Waals surface area contributed by atoms with E-state index in [1.165, 1.54) is 0 Å². The molecule has 0 N–H and O–H groups in total. The van der Waals surface area contributed by atoms with Gasteiger partial charge in [0.25, 0.3) is 8.32 Å². The fourth-order valence-corrected chi connectivity index (χ4v) is 3.58. The van der Waals surface area contributed by atoms with Gasteiger partial charge >= 0.3 is 0 Å². The Hall–Kier alpha value is -1.87. The van der Waals surface area contributed by atoms with Crippen LogP contribution in [0.1, 0.15) is 36.7 Å². The third-order valence-corrected chi connectivity index (χ3v) is 9.23. The van der Waals surface area contributed by atoms with Gasteiger partial charge in [-0.25, -0.2) is 0 Å². The lowest BCUT2D eigenvalue weighted by Gasteiger charge is -2.36. The van der Waals surface area contributed by atoms with Crippen LogP contribution in [0.25, 0.3) is 11.1 Å². The second-order valence-electron chi connectivity index (χ2n) is 7.42. The molecule has 0 bridgehead atoms. The Morgan fingerprint density at radius 2 is 1.45 bits per heavy atom. The molecule has 0 atom stereocenters. The molecule has 3 rings (SSSR count). The summed E-state index contributed by atoms with van der Waals surface area (Å²) in [5.41, 5.74) is 3.53. The van der Waals surface area contributed by atoms with Crippen molar-refractivity contribution in [2.24, 2.45) is 0 Å². The smallest absolute Gasteiger partial charge is 0.250 e. The molecule has 2 aromatic carbocycles. The molecule has 0 saturated carbocycles. The topological polar surface area (TPSA) is 26.3 Å². The Morgan fingerprint density at radius 1 is 0.864 bits per heavy atom. The van der Waals surface area contributed by atoms with Gasteiger partial charge in [0.05, 0.1) is 5.56 Å². The van der Waals surface area contributed by atoms with Gasteiger partial charge in [-0.15, -0.1) is 0 Å². The predicted molar refractivity (Wildman–Crippen MR) is 93.1 cm³/mol. The van der Waals surface area contributed by atoms with E-state index >= 15 is 0 Å². The molecule has 2 nitrogen and oxygen atoms in total. The molecule has 0 unspecified atom stereocenters. The zero-order valence-corrected chi connectivity index (χ0v) is 14.9. The largest absolute Gasteiger partial charge is 0.543 e. The number of fused-ring (bicyclic) bond motifs is 3. The average molecular weight is 310 g/mol. The molecule has 0 fully saturated rings. The van der Waals surface area contributed by atoms with E-state index in [-0.39, 0.29) is 10.8 Å². The van der Waals surface area contributed by atoms with Crippen LogP contribution in [0.3, 0.4) is 0 Å². The number of carbonyl (C=O) groups excluding carboxylic acids is 1. The average Bonchev–Trinajstić information content (AvgIpc) is 2.73. The number of hydrogen-bond donors (Lipinski definition) is 0. The summed E-state index contributed by atoms with van der Waals surface area (Å²) in [5.74, 6) is 0.824. The number of rotatable bonds is 2. The summed E-state index contributed by atoms with van der Waals surface area (Å²) in [6.07, 6.45) is 0. The zero-order chi connectivity index (χ0) is 16.1. The summed E-state index contributed by atoms with van der Waals surface area (Å²) in [6, 6.07) is 13.7. The summed E-state index contributed by atoms with van der Waals surface area (Å²) in [6.45, 7) is 11.0. The summed E-state index contributed by atoms with van der Waals surface area (Å²) >= 11 is 0. The minimum Gasteiger partial charge on any atom is -0.543 e. The third kappa shape index (κ3) is 2.20. The maximum Gasteiger partial charge on any atom is 0.250 e. The number of ketones is 1. The molecule has 0 heterocycles. The second kappa shape index (κ2) is 4.82. The van der Waals surface area contributed by atoms with E-state index in [2.05, 4.69) is 33.9 Å². The van der Waals surface area contributed by atoms with E-state index in [1.54, 1.807) is 0 Å². The molecule has 0 aliphatic heterocycles. The predicted octanol–water partition coefficient (Wildman–Crippen LogP) is 5.28. The zero-order valence-electron chi connectivity index (χ0n) is 13.9. The second-order valence-corrected chi connectivity index (χ2v) is 12.1. The van der Waals surface area contributed by atoms with Gasteiger partial charge in [0.15, 0.2) is 5.78 Å². The molecule has 0 spiro atoms. The van der Waals surface area contributed by atoms with Gasteiger partial charge < -0.3 is 4.43 Å². The summed E-state index contributed by atoms with van der Waals surface area (Å²) in [4.78, 5) is 12.8. The molecule has 114 valence electrons. The molecule has 2 aromatic rings. The van der Waals surface area contributed by atoms with Gasteiger partial charge in [0.2, 0.25) is 0 Å². The highest BCUT2D eigenvalue weighted by molar-refractivity contribution is 6.74. The Balaban J connectivity index is 2.10. The fraction of sp³-hybridized carbons (Fsp3) is 0.316. The third-order valence-electron chi connectivity index (χ3n) is 4.89. The Kier molecular flexibility index (Phi) is 3.29. The van der Waals surface area contributed by atoms with Crippen LogP contribution < -0.4 is 4.43 Å². The van der Waals surface area contributed by atoms with Crippen LogP contribution in [0, 0.1) is 0 Å². The van der Waals surface area contributed by atoms with Gasteiger partial charge in [-0.05, 0) is 35.3 Å². The van der Waals surface area contributed by atoms with Crippen LogP contribution in [-0.2, 0) is 0 Å². The quantitative estimate of drug-likeness (QED) is 0.602. The first kappa shape index (κ1) is 15.0. The molecule has 0 amide bonds. The van der Waals surface area contributed by atoms with Gasteiger partial charge in [-0.1, -0.05) is 57.2 Å². The van der Waals surface area contributed by atoms with E-state index < -0.39 is 8.32 Å². The lowest BCUT2D eigenvalue weighted by atomic mass is 10.1. The van der Waals surface area contributed by atoms with Crippen LogP contribution in [0.4, 0.5) is 0 Å². The number of benzene rings is 2. The SMILES string of the molecule is CC(C)(C)[Si](C)(C)Oc1cccc2c1C(=O)c1ccccc1-2. The van der Waals surface area contributed by atoms with Crippen LogP contribution in [-0.4, -0.2) is 14.1 Å².